The number of rotatable bonds is 7. The Labute approximate surface area is 151 Å². The van der Waals surface area contributed by atoms with Crippen LogP contribution in [-0.2, 0) is 4.79 Å². The zero-order valence-electron chi connectivity index (χ0n) is 14.8. The van der Waals surface area contributed by atoms with E-state index < -0.39 is 4.92 Å². The molecule has 2 aromatic rings. The first-order chi connectivity index (χ1) is 12.4. The van der Waals surface area contributed by atoms with Crippen LogP contribution in [0, 0.1) is 17.0 Å². The molecule has 2 rings (SSSR count). The van der Waals surface area contributed by atoms with Gasteiger partial charge in [-0.15, -0.1) is 0 Å². The van der Waals surface area contributed by atoms with Crippen LogP contribution in [0.5, 0.6) is 5.75 Å². The average molecular weight is 356 g/mol. The van der Waals surface area contributed by atoms with Crippen molar-refractivity contribution in [1.29, 1.82) is 0 Å². The number of amides is 1. The molecule has 2 N–H and O–H groups in total. The van der Waals surface area contributed by atoms with Crippen LogP contribution in [0.2, 0.25) is 0 Å². The molecule has 0 aliphatic heterocycles. The minimum absolute atomic E-state index is 0.0581. The second kappa shape index (κ2) is 8.61. The Morgan fingerprint density at radius 3 is 2.54 bits per heavy atom. The molecule has 1 amide bonds. The molecule has 0 unspecified atom stereocenters. The summed E-state index contributed by atoms with van der Waals surface area (Å²) >= 11 is 0. The molecule has 0 aliphatic carbocycles. The fourth-order valence-electron chi connectivity index (χ4n) is 2.16. The first-order valence-electron chi connectivity index (χ1n) is 7.87. The average Bonchev–Trinajstić information content (AvgIpc) is 2.65. The summed E-state index contributed by atoms with van der Waals surface area (Å²) in [4.78, 5) is 22.4. The van der Waals surface area contributed by atoms with E-state index in [-0.39, 0.29) is 23.9 Å². The number of aryl methyl sites for hydroxylation is 1. The first-order valence-corrected chi connectivity index (χ1v) is 7.87. The smallest absolute Gasteiger partial charge is 0.311 e. The van der Waals surface area contributed by atoms with Crippen molar-refractivity contribution in [2.75, 3.05) is 19.0 Å². The van der Waals surface area contributed by atoms with Crippen molar-refractivity contribution in [2.24, 2.45) is 5.10 Å². The SMILES string of the molecule is COc1ccc(/C(C)=N\NC(=O)CNc2ccc(C)cc2)cc1[N+](=O)[O-]. The lowest BCUT2D eigenvalue weighted by Gasteiger charge is -2.07. The van der Waals surface area contributed by atoms with Crippen LogP contribution in [0.4, 0.5) is 11.4 Å². The summed E-state index contributed by atoms with van der Waals surface area (Å²) in [6, 6.07) is 12.1. The number of hydrazone groups is 1. The third-order valence-electron chi connectivity index (χ3n) is 3.65. The van der Waals surface area contributed by atoms with Gasteiger partial charge in [0.05, 0.1) is 24.3 Å². The molecule has 0 saturated carbocycles. The molecule has 0 aromatic heterocycles. The predicted octanol–water partition coefficient (Wildman–Crippen LogP) is 2.86. The molecule has 0 radical (unpaired) electrons. The minimum Gasteiger partial charge on any atom is -0.490 e. The highest BCUT2D eigenvalue weighted by Crippen LogP contribution is 2.27. The van der Waals surface area contributed by atoms with Crippen molar-refractivity contribution in [3.63, 3.8) is 0 Å². The van der Waals surface area contributed by atoms with Gasteiger partial charge < -0.3 is 10.1 Å². The molecular weight excluding hydrogens is 336 g/mol. The van der Waals surface area contributed by atoms with Gasteiger partial charge in [-0.2, -0.15) is 5.10 Å². The summed E-state index contributed by atoms with van der Waals surface area (Å²) in [6.07, 6.45) is 0. The highest BCUT2D eigenvalue weighted by molar-refractivity contribution is 6.00. The number of carbonyl (C=O) groups is 1. The molecule has 26 heavy (non-hydrogen) atoms. The molecule has 0 saturated heterocycles. The number of nitrogens with zero attached hydrogens (tertiary/aromatic N) is 2. The number of nitrogens with one attached hydrogen (secondary N) is 2. The second-order valence-electron chi connectivity index (χ2n) is 5.60. The topological polar surface area (TPSA) is 106 Å². The van der Waals surface area contributed by atoms with Crippen LogP contribution < -0.4 is 15.5 Å². The van der Waals surface area contributed by atoms with Gasteiger partial charge in [-0.05, 0) is 38.1 Å². The normalized spacial score (nSPS) is 11.0. The van der Waals surface area contributed by atoms with Crippen LogP contribution in [0.3, 0.4) is 0 Å². The van der Waals surface area contributed by atoms with Gasteiger partial charge in [-0.3, -0.25) is 14.9 Å². The Bertz CT molecular complexity index is 832. The van der Waals surface area contributed by atoms with E-state index in [1.165, 1.54) is 19.2 Å². The van der Waals surface area contributed by atoms with E-state index >= 15 is 0 Å². The summed E-state index contributed by atoms with van der Waals surface area (Å²) in [5.41, 5.74) is 5.19. The van der Waals surface area contributed by atoms with Crippen molar-refractivity contribution >= 4 is 23.0 Å². The van der Waals surface area contributed by atoms with E-state index in [1.54, 1.807) is 13.0 Å². The van der Waals surface area contributed by atoms with Gasteiger partial charge in [0.25, 0.3) is 5.91 Å². The van der Waals surface area contributed by atoms with Gasteiger partial charge in [0, 0.05) is 17.3 Å². The lowest BCUT2D eigenvalue weighted by molar-refractivity contribution is -0.385. The predicted molar refractivity (Wildman–Crippen MR) is 99.7 cm³/mol. The van der Waals surface area contributed by atoms with Gasteiger partial charge in [0.1, 0.15) is 0 Å². The Hall–Kier alpha value is -3.42. The van der Waals surface area contributed by atoms with Crippen molar-refractivity contribution in [3.05, 3.63) is 63.7 Å². The highest BCUT2D eigenvalue weighted by Gasteiger charge is 2.16. The number of benzene rings is 2. The quantitative estimate of drug-likeness (QED) is 0.451. The molecular formula is C18H20N4O4. The molecule has 0 atom stereocenters. The number of hydrogen-bond acceptors (Lipinski definition) is 6. The summed E-state index contributed by atoms with van der Waals surface area (Å²) < 4.78 is 4.96. The Kier molecular flexibility index (Phi) is 6.26. The molecule has 2 aromatic carbocycles. The van der Waals surface area contributed by atoms with E-state index in [1.807, 2.05) is 31.2 Å². The zero-order valence-corrected chi connectivity index (χ0v) is 14.8. The second-order valence-corrected chi connectivity index (χ2v) is 5.60. The lowest BCUT2D eigenvalue weighted by Crippen LogP contribution is -2.26. The van der Waals surface area contributed by atoms with Crippen molar-refractivity contribution in [1.82, 2.24) is 5.43 Å². The van der Waals surface area contributed by atoms with Crippen LogP contribution in [-0.4, -0.2) is 30.2 Å². The Morgan fingerprint density at radius 2 is 1.92 bits per heavy atom. The fraction of sp³-hybridized carbons (Fsp3) is 0.222. The third kappa shape index (κ3) is 5.04. The molecule has 8 nitrogen and oxygen atoms in total. The van der Waals surface area contributed by atoms with Gasteiger partial charge in [-0.1, -0.05) is 17.7 Å². The third-order valence-corrected chi connectivity index (χ3v) is 3.65. The van der Waals surface area contributed by atoms with E-state index in [0.29, 0.717) is 11.3 Å². The van der Waals surface area contributed by atoms with E-state index in [2.05, 4.69) is 15.8 Å². The number of hydrogen-bond donors (Lipinski definition) is 2. The van der Waals surface area contributed by atoms with Crippen molar-refractivity contribution in [2.45, 2.75) is 13.8 Å². The highest BCUT2D eigenvalue weighted by atomic mass is 16.6. The largest absolute Gasteiger partial charge is 0.490 e. The number of methoxy groups -OCH3 is 1. The van der Waals surface area contributed by atoms with Crippen molar-refractivity contribution < 1.29 is 14.5 Å². The molecule has 0 bridgehead atoms. The van der Waals surface area contributed by atoms with Gasteiger partial charge >= 0.3 is 5.69 Å². The minimum atomic E-state index is -0.528. The molecule has 0 aliphatic rings. The van der Waals surface area contributed by atoms with Gasteiger partial charge in [0.15, 0.2) is 5.75 Å². The maximum atomic E-state index is 11.9. The van der Waals surface area contributed by atoms with Crippen molar-refractivity contribution in [3.8, 4) is 5.75 Å². The lowest BCUT2D eigenvalue weighted by atomic mass is 10.1. The van der Waals surface area contributed by atoms with Crippen LogP contribution >= 0.6 is 0 Å². The number of carbonyl (C=O) groups excluding carboxylic acids is 1. The number of anilines is 1. The summed E-state index contributed by atoms with van der Waals surface area (Å²) in [5, 5.41) is 18.0. The maximum Gasteiger partial charge on any atom is 0.311 e. The molecule has 0 heterocycles. The summed E-state index contributed by atoms with van der Waals surface area (Å²) in [5.74, 6) is -0.161. The zero-order chi connectivity index (χ0) is 19.1. The summed E-state index contributed by atoms with van der Waals surface area (Å²) in [6.45, 7) is 3.69. The molecule has 8 heteroatoms. The molecule has 0 spiro atoms. The summed E-state index contributed by atoms with van der Waals surface area (Å²) in [7, 11) is 1.37. The van der Waals surface area contributed by atoms with E-state index in [0.717, 1.165) is 11.3 Å². The number of ether oxygens (including phenoxy) is 1. The first kappa shape index (κ1) is 18.9. The molecule has 0 fully saturated rings. The van der Waals surface area contributed by atoms with E-state index in [4.69, 9.17) is 4.74 Å². The number of nitro groups is 1. The Balaban J connectivity index is 1.98. The van der Waals surface area contributed by atoms with Crippen LogP contribution in [0.25, 0.3) is 0 Å². The van der Waals surface area contributed by atoms with E-state index in [9.17, 15) is 14.9 Å². The maximum absolute atomic E-state index is 11.9. The van der Waals surface area contributed by atoms with Crippen LogP contribution in [0.15, 0.2) is 47.6 Å². The molecule has 136 valence electrons. The monoisotopic (exact) mass is 356 g/mol. The standard InChI is InChI=1S/C18H20N4O4/c1-12-4-7-15(8-5-12)19-11-18(23)21-20-13(2)14-6-9-17(26-3)16(10-14)22(24)25/h4-10,19H,11H2,1-3H3,(H,21,23)/b20-13-. The van der Waals surface area contributed by atoms with Crippen LogP contribution in [0.1, 0.15) is 18.1 Å². The Morgan fingerprint density at radius 1 is 1.23 bits per heavy atom. The fourth-order valence-corrected chi connectivity index (χ4v) is 2.16. The number of nitro benzene ring substituents is 1. The van der Waals surface area contributed by atoms with Gasteiger partial charge in [-0.25, -0.2) is 5.43 Å². The van der Waals surface area contributed by atoms with Gasteiger partial charge in [0.2, 0.25) is 0 Å².